The van der Waals surface area contributed by atoms with Crippen LogP contribution in [-0.4, -0.2) is 32.4 Å². The van der Waals surface area contributed by atoms with Gasteiger partial charge < -0.3 is 9.73 Å². The fourth-order valence-corrected chi connectivity index (χ4v) is 3.65. The average Bonchev–Trinajstić information content (AvgIpc) is 2.88. The maximum absolute atomic E-state index is 12.7. The number of hydrogen-bond acceptors (Lipinski definition) is 4. The number of unbranched alkanes of at least 4 members (excludes halogenated alkanes) is 1. The Labute approximate surface area is 122 Å². The fourth-order valence-electron chi connectivity index (χ4n) is 1.98. The van der Waals surface area contributed by atoms with Gasteiger partial charge in [0.05, 0.1) is 6.54 Å². The Morgan fingerprint density at radius 3 is 2.60 bits per heavy atom. The highest BCUT2D eigenvalue weighted by Gasteiger charge is 2.30. The van der Waals surface area contributed by atoms with Crippen molar-refractivity contribution in [2.75, 3.05) is 13.6 Å². The smallest absolute Gasteiger partial charge is 0.276 e. The average molecular weight is 302 g/mol. The predicted octanol–water partition coefficient (Wildman–Crippen LogP) is 2.59. The van der Waals surface area contributed by atoms with Crippen LogP contribution in [0.15, 0.2) is 21.6 Å². The molecule has 1 heterocycles. The lowest BCUT2D eigenvalue weighted by molar-refractivity contribution is 0.308. The third-order valence-electron chi connectivity index (χ3n) is 3.37. The van der Waals surface area contributed by atoms with Crippen LogP contribution in [0.1, 0.15) is 45.8 Å². The molecule has 1 rings (SSSR count). The first-order valence-electron chi connectivity index (χ1n) is 7.22. The summed E-state index contributed by atoms with van der Waals surface area (Å²) in [4.78, 5) is 0. The van der Waals surface area contributed by atoms with Gasteiger partial charge in [0.1, 0.15) is 5.76 Å². The van der Waals surface area contributed by atoms with E-state index in [9.17, 15) is 8.42 Å². The van der Waals surface area contributed by atoms with Crippen molar-refractivity contribution in [3.8, 4) is 0 Å². The lowest BCUT2D eigenvalue weighted by atomic mass is 10.2. The molecule has 1 unspecified atom stereocenters. The number of nitrogens with zero attached hydrogens (tertiary/aromatic N) is 1. The molecule has 1 N–H and O–H groups in total. The van der Waals surface area contributed by atoms with Gasteiger partial charge in [-0.2, -0.15) is 4.31 Å². The normalized spacial score (nSPS) is 13.8. The second-order valence-electron chi connectivity index (χ2n) is 4.98. The molecule has 1 aromatic rings. The Balaban J connectivity index is 3.01. The van der Waals surface area contributed by atoms with Crippen LogP contribution in [0.5, 0.6) is 0 Å². The van der Waals surface area contributed by atoms with Crippen molar-refractivity contribution in [2.24, 2.45) is 0 Å². The highest BCUT2D eigenvalue weighted by molar-refractivity contribution is 7.89. The molecule has 6 heteroatoms. The molecule has 0 amide bonds. The predicted molar refractivity (Wildman–Crippen MR) is 80.0 cm³/mol. The number of sulfonamides is 1. The first-order chi connectivity index (χ1) is 9.47. The van der Waals surface area contributed by atoms with E-state index in [0.29, 0.717) is 18.8 Å². The number of rotatable bonds is 9. The zero-order chi connectivity index (χ0) is 15.2. The van der Waals surface area contributed by atoms with Gasteiger partial charge in [-0.15, -0.1) is 0 Å². The van der Waals surface area contributed by atoms with Crippen LogP contribution in [0, 0.1) is 0 Å². The van der Waals surface area contributed by atoms with E-state index in [1.165, 1.54) is 0 Å². The summed E-state index contributed by atoms with van der Waals surface area (Å²) in [6, 6.07) is 3.23. The SMILES string of the molecule is CCCCN(C(C)CC)S(=O)(=O)c1ccc(CNC)o1. The van der Waals surface area contributed by atoms with Gasteiger partial charge in [-0.1, -0.05) is 20.3 Å². The molecule has 0 saturated heterocycles. The van der Waals surface area contributed by atoms with Gasteiger partial charge >= 0.3 is 0 Å². The molecular weight excluding hydrogens is 276 g/mol. The summed E-state index contributed by atoms with van der Waals surface area (Å²) in [5.41, 5.74) is 0. The van der Waals surface area contributed by atoms with E-state index in [0.717, 1.165) is 19.3 Å². The lowest BCUT2D eigenvalue weighted by Crippen LogP contribution is -2.38. The minimum atomic E-state index is -3.54. The first-order valence-corrected chi connectivity index (χ1v) is 8.66. The minimum absolute atomic E-state index is 0.0237. The molecular formula is C14H26N2O3S. The van der Waals surface area contributed by atoms with E-state index >= 15 is 0 Å². The summed E-state index contributed by atoms with van der Waals surface area (Å²) in [7, 11) is -1.75. The number of nitrogens with one attached hydrogen (secondary N) is 1. The summed E-state index contributed by atoms with van der Waals surface area (Å²) in [5, 5.41) is 2.98. The molecule has 0 aromatic carbocycles. The highest BCUT2D eigenvalue weighted by atomic mass is 32.2. The van der Waals surface area contributed by atoms with Crippen molar-refractivity contribution in [3.63, 3.8) is 0 Å². The number of hydrogen-bond donors (Lipinski definition) is 1. The van der Waals surface area contributed by atoms with Crippen LogP contribution in [-0.2, 0) is 16.6 Å². The van der Waals surface area contributed by atoms with Gasteiger partial charge in [-0.05, 0) is 38.9 Å². The molecule has 0 bridgehead atoms. The molecule has 0 aliphatic carbocycles. The Morgan fingerprint density at radius 2 is 2.05 bits per heavy atom. The van der Waals surface area contributed by atoms with Gasteiger partial charge in [0.25, 0.3) is 10.0 Å². The van der Waals surface area contributed by atoms with Gasteiger partial charge in [0.2, 0.25) is 5.09 Å². The summed E-state index contributed by atoms with van der Waals surface area (Å²) >= 11 is 0. The molecule has 0 aliphatic heterocycles. The molecule has 5 nitrogen and oxygen atoms in total. The molecule has 0 radical (unpaired) electrons. The van der Waals surface area contributed by atoms with E-state index in [4.69, 9.17) is 4.42 Å². The Bertz CT molecular complexity index is 496. The Kier molecular flexibility index (Phi) is 6.71. The van der Waals surface area contributed by atoms with E-state index in [1.54, 1.807) is 23.5 Å². The topological polar surface area (TPSA) is 62.6 Å². The minimum Gasteiger partial charge on any atom is -0.447 e. The Morgan fingerprint density at radius 1 is 1.35 bits per heavy atom. The van der Waals surface area contributed by atoms with Crippen LogP contribution in [0.4, 0.5) is 0 Å². The standard InChI is InChI=1S/C14H26N2O3S/c1-5-7-10-16(12(3)6-2)20(17,18)14-9-8-13(19-14)11-15-4/h8-9,12,15H,5-7,10-11H2,1-4H3. The zero-order valence-corrected chi connectivity index (χ0v) is 13.7. The van der Waals surface area contributed by atoms with Gasteiger partial charge in [0.15, 0.2) is 0 Å². The summed E-state index contributed by atoms with van der Waals surface area (Å²) in [6.07, 6.45) is 2.60. The second-order valence-corrected chi connectivity index (χ2v) is 6.80. The first kappa shape index (κ1) is 17.2. The molecule has 20 heavy (non-hydrogen) atoms. The van der Waals surface area contributed by atoms with Crippen LogP contribution in [0.25, 0.3) is 0 Å². The lowest BCUT2D eigenvalue weighted by Gasteiger charge is -2.26. The molecule has 0 aliphatic rings. The van der Waals surface area contributed by atoms with Crippen molar-refractivity contribution < 1.29 is 12.8 Å². The summed E-state index contributed by atoms with van der Waals surface area (Å²) in [6.45, 7) is 7.04. The molecule has 0 saturated carbocycles. The summed E-state index contributed by atoms with van der Waals surface area (Å²) in [5.74, 6) is 0.630. The van der Waals surface area contributed by atoms with E-state index in [-0.39, 0.29) is 11.1 Å². The van der Waals surface area contributed by atoms with E-state index in [1.807, 2.05) is 13.8 Å². The zero-order valence-electron chi connectivity index (χ0n) is 12.8. The van der Waals surface area contributed by atoms with Crippen molar-refractivity contribution in [2.45, 2.75) is 57.7 Å². The van der Waals surface area contributed by atoms with Gasteiger partial charge in [0, 0.05) is 12.6 Å². The van der Waals surface area contributed by atoms with Crippen LogP contribution in [0.2, 0.25) is 0 Å². The van der Waals surface area contributed by atoms with Crippen molar-refractivity contribution in [3.05, 3.63) is 17.9 Å². The van der Waals surface area contributed by atoms with Crippen molar-refractivity contribution >= 4 is 10.0 Å². The molecule has 0 fully saturated rings. The monoisotopic (exact) mass is 302 g/mol. The third kappa shape index (κ3) is 4.07. The van der Waals surface area contributed by atoms with Crippen LogP contribution >= 0.6 is 0 Å². The van der Waals surface area contributed by atoms with E-state index < -0.39 is 10.0 Å². The largest absolute Gasteiger partial charge is 0.447 e. The van der Waals surface area contributed by atoms with E-state index in [2.05, 4.69) is 12.2 Å². The molecule has 0 spiro atoms. The van der Waals surface area contributed by atoms with Gasteiger partial charge in [-0.25, -0.2) is 8.42 Å². The maximum Gasteiger partial charge on any atom is 0.276 e. The Hall–Kier alpha value is -0.850. The maximum atomic E-state index is 12.7. The number of furan rings is 1. The van der Waals surface area contributed by atoms with Crippen molar-refractivity contribution in [1.82, 2.24) is 9.62 Å². The van der Waals surface area contributed by atoms with Crippen molar-refractivity contribution in [1.29, 1.82) is 0 Å². The molecule has 1 aromatic heterocycles. The summed E-state index contributed by atoms with van der Waals surface area (Å²) < 4.78 is 32.3. The van der Waals surface area contributed by atoms with Gasteiger partial charge in [-0.3, -0.25) is 0 Å². The quantitative estimate of drug-likeness (QED) is 0.761. The highest BCUT2D eigenvalue weighted by Crippen LogP contribution is 2.22. The molecule has 1 atom stereocenters. The molecule has 116 valence electrons. The second kappa shape index (κ2) is 7.81. The fraction of sp³-hybridized carbons (Fsp3) is 0.714. The third-order valence-corrected chi connectivity index (χ3v) is 5.25. The van der Waals surface area contributed by atoms with Crippen LogP contribution < -0.4 is 5.32 Å². The van der Waals surface area contributed by atoms with Crippen LogP contribution in [0.3, 0.4) is 0 Å².